The zero-order valence-electron chi connectivity index (χ0n) is 12.0. The molecule has 0 aliphatic carbocycles. The molecule has 1 aliphatic heterocycles. The summed E-state index contributed by atoms with van der Waals surface area (Å²) in [6, 6.07) is 8.74. The summed E-state index contributed by atoms with van der Waals surface area (Å²) in [5.41, 5.74) is 0.194. The predicted molar refractivity (Wildman–Crippen MR) is 73.5 cm³/mol. The summed E-state index contributed by atoms with van der Waals surface area (Å²) in [7, 11) is 0. The number of amides is 1. The van der Waals surface area contributed by atoms with Crippen molar-refractivity contribution < 1.29 is 19.1 Å². The van der Waals surface area contributed by atoms with Crippen LogP contribution in [0.5, 0.6) is 0 Å². The van der Waals surface area contributed by atoms with Gasteiger partial charge in [0, 0.05) is 5.54 Å². The molecule has 5 nitrogen and oxygen atoms in total. The minimum Gasteiger partial charge on any atom is -0.458 e. The quantitative estimate of drug-likeness (QED) is 0.796. The molecule has 1 heterocycles. The molecule has 1 aromatic rings. The fourth-order valence-electron chi connectivity index (χ4n) is 1.98. The van der Waals surface area contributed by atoms with E-state index in [0.717, 1.165) is 0 Å². The van der Waals surface area contributed by atoms with E-state index in [0.29, 0.717) is 12.1 Å². The highest BCUT2D eigenvalue weighted by molar-refractivity contribution is 5.89. The van der Waals surface area contributed by atoms with Crippen molar-refractivity contribution in [3.63, 3.8) is 0 Å². The van der Waals surface area contributed by atoms with Crippen LogP contribution >= 0.6 is 0 Å². The normalized spacial score (nSPS) is 18.9. The topological polar surface area (TPSA) is 55.8 Å². The Hall–Kier alpha value is -2.04. The van der Waals surface area contributed by atoms with E-state index in [-0.39, 0.29) is 18.2 Å². The molecule has 1 saturated heterocycles. The van der Waals surface area contributed by atoms with Gasteiger partial charge in [0.2, 0.25) is 0 Å². The second kappa shape index (κ2) is 5.53. The third kappa shape index (κ3) is 3.29. The Morgan fingerprint density at radius 1 is 1.35 bits per heavy atom. The second-order valence-electron chi connectivity index (χ2n) is 5.75. The molecule has 0 unspecified atom stereocenters. The molecule has 0 N–H and O–H groups in total. The Bertz CT molecular complexity index is 492. The minimum absolute atomic E-state index is 0.0754. The molecular formula is C15H19NO4. The van der Waals surface area contributed by atoms with Gasteiger partial charge in [0.15, 0.2) is 6.10 Å². The number of ether oxygens (including phenoxy) is 2. The van der Waals surface area contributed by atoms with Crippen LogP contribution in [0.15, 0.2) is 30.3 Å². The molecule has 0 spiro atoms. The van der Waals surface area contributed by atoms with Crippen LogP contribution < -0.4 is 0 Å². The molecule has 0 bridgehead atoms. The first-order chi connectivity index (χ1) is 9.38. The third-order valence-electron chi connectivity index (χ3n) is 3.09. The highest BCUT2D eigenvalue weighted by atomic mass is 16.6. The van der Waals surface area contributed by atoms with E-state index in [1.165, 1.54) is 0 Å². The average Bonchev–Trinajstić information content (AvgIpc) is 2.78. The number of hydrogen-bond donors (Lipinski definition) is 0. The van der Waals surface area contributed by atoms with Gasteiger partial charge in [0.05, 0.1) is 12.1 Å². The van der Waals surface area contributed by atoms with Gasteiger partial charge in [-0.2, -0.15) is 0 Å². The van der Waals surface area contributed by atoms with Crippen LogP contribution in [-0.2, 0) is 9.47 Å². The number of carbonyl (C=O) groups is 2. The van der Waals surface area contributed by atoms with Crippen LogP contribution in [0.4, 0.5) is 4.79 Å². The van der Waals surface area contributed by atoms with Crippen molar-refractivity contribution in [1.29, 1.82) is 0 Å². The molecule has 1 aromatic carbocycles. The maximum atomic E-state index is 11.8. The van der Waals surface area contributed by atoms with Gasteiger partial charge in [-0.3, -0.25) is 4.90 Å². The van der Waals surface area contributed by atoms with Gasteiger partial charge in [-0.05, 0) is 32.9 Å². The standard InChI is InChI=1S/C15H19NO4/c1-15(2,3)16-9-12(20-14(16)18)10-19-13(17)11-7-5-4-6-8-11/h4-8,12H,9-10H2,1-3H3/t12-/m1/s1. The fraction of sp³-hybridized carbons (Fsp3) is 0.467. The van der Waals surface area contributed by atoms with Crippen molar-refractivity contribution in [1.82, 2.24) is 4.90 Å². The van der Waals surface area contributed by atoms with E-state index >= 15 is 0 Å². The molecule has 0 radical (unpaired) electrons. The lowest BCUT2D eigenvalue weighted by Crippen LogP contribution is -2.42. The van der Waals surface area contributed by atoms with Crippen molar-refractivity contribution >= 4 is 12.1 Å². The molecule has 0 saturated carbocycles. The van der Waals surface area contributed by atoms with Crippen molar-refractivity contribution in [2.24, 2.45) is 0 Å². The van der Waals surface area contributed by atoms with Crippen LogP contribution in [-0.4, -0.2) is 41.8 Å². The third-order valence-corrected chi connectivity index (χ3v) is 3.09. The Kier molecular flexibility index (Phi) is 3.97. The smallest absolute Gasteiger partial charge is 0.410 e. The average molecular weight is 277 g/mol. The van der Waals surface area contributed by atoms with E-state index in [1.807, 2.05) is 26.8 Å². The number of benzene rings is 1. The Labute approximate surface area is 118 Å². The van der Waals surface area contributed by atoms with E-state index in [1.54, 1.807) is 29.2 Å². The molecular weight excluding hydrogens is 258 g/mol. The van der Waals surface area contributed by atoms with Crippen LogP contribution in [0.3, 0.4) is 0 Å². The maximum Gasteiger partial charge on any atom is 0.410 e. The Balaban J connectivity index is 1.87. The van der Waals surface area contributed by atoms with Crippen LogP contribution in [0, 0.1) is 0 Å². The van der Waals surface area contributed by atoms with Crippen LogP contribution in [0.2, 0.25) is 0 Å². The highest BCUT2D eigenvalue weighted by Crippen LogP contribution is 2.22. The largest absolute Gasteiger partial charge is 0.458 e. The predicted octanol–water partition coefficient (Wildman–Crippen LogP) is 2.46. The summed E-state index contributed by atoms with van der Waals surface area (Å²) in [5, 5.41) is 0. The lowest BCUT2D eigenvalue weighted by Gasteiger charge is -2.29. The van der Waals surface area contributed by atoms with Crippen LogP contribution in [0.25, 0.3) is 0 Å². The summed E-state index contributed by atoms with van der Waals surface area (Å²) in [6.45, 7) is 6.32. The molecule has 0 aromatic heterocycles. The Morgan fingerprint density at radius 2 is 2.00 bits per heavy atom. The molecule has 1 atom stereocenters. The lowest BCUT2D eigenvalue weighted by molar-refractivity contribution is 0.0300. The fourth-order valence-corrected chi connectivity index (χ4v) is 1.98. The molecule has 108 valence electrons. The van der Waals surface area contributed by atoms with E-state index in [9.17, 15) is 9.59 Å². The zero-order chi connectivity index (χ0) is 14.8. The second-order valence-corrected chi connectivity index (χ2v) is 5.75. The maximum absolute atomic E-state index is 11.8. The minimum atomic E-state index is -0.408. The number of esters is 1. The van der Waals surface area contributed by atoms with Gasteiger partial charge < -0.3 is 9.47 Å². The summed E-state index contributed by atoms with van der Waals surface area (Å²) < 4.78 is 10.4. The first-order valence-corrected chi connectivity index (χ1v) is 6.58. The summed E-state index contributed by atoms with van der Waals surface area (Å²) in [5.74, 6) is -0.407. The van der Waals surface area contributed by atoms with Crippen molar-refractivity contribution in [3.05, 3.63) is 35.9 Å². The van der Waals surface area contributed by atoms with Gasteiger partial charge in [-0.1, -0.05) is 18.2 Å². The monoisotopic (exact) mass is 277 g/mol. The summed E-state index contributed by atoms with van der Waals surface area (Å²) >= 11 is 0. The number of rotatable bonds is 3. The Morgan fingerprint density at radius 3 is 2.55 bits per heavy atom. The van der Waals surface area contributed by atoms with Gasteiger partial charge in [-0.25, -0.2) is 9.59 Å². The first-order valence-electron chi connectivity index (χ1n) is 6.58. The summed E-state index contributed by atoms with van der Waals surface area (Å²) in [4.78, 5) is 25.1. The zero-order valence-corrected chi connectivity index (χ0v) is 12.0. The molecule has 2 rings (SSSR count). The molecule has 1 aliphatic rings. The highest BCUT2D eigenvalue weighted by Gasteiger charge is 2.38. The van der Waals surface area contributed by atoms with Crippen molar-refractivity contribution in [2.45, 2.75) is 32.4 Å². The molecule has 1 amide bonds. The van der Waals surface area contributed by atoms with Gasteiger partial charge in [0.1, 0.15) is 6.61 Å². The van der Waals surface area contributed by atoms with E-state index in [4.69, 9.17) is 9.47 Å². The molecule has 5 heteroatoms. The number of nitrogens with zero attached hydrogens (tertiary/aromatic N) is 1. The van der Waals surface area contributed by atoms with Crippen LogP contribution in [0.1, 0.15) is 31.1 Å². The lowest BCUT2D eigenvalue weighted by atomic mass is 10.1. The summed E-state index contributed by atoms with van der Waals surface area (Å²) in [6.07, 6.45) is -0.771. The SMILES string of the molecule is CC(C)(C)N1C[C@H](COC(=O)c2ccccc2)OC1=O. The number of carbonyl (C=O) groups excluding carboxylic acids is 2. The van der Waals surface area contributed by atoms with Crippen molar-refractivity contribution in [2.75, 3.05) is 13.2 Å². The first kappa shape index (κ1) is 14.4. The van der Waals surface area contributed by atoms with E-state index < -0.39 is 12.1 Å². The van der Waals surface area contributed by atoms with Gasteiger partial charge >= 0.3 is 12.1 Å². The van der Waals surface area contributed by atoms with Gasteiger partial charge in [-0.15, -0.1) is 0 Å². The van der Waals surface area contributed by atoms with E-state index in [2.05, 4.69) is 0 Å². The molecule has 20 heavy (non-hydrogen) atoms. The number of cyclic esters (lactones) is 1. The number of hydrogen-bond acceptors (Lipinski definition) is 4. The van der Waals surface area contributed by atoms with Crippen molar-refractivity contribution in [3.8, 4) is 0 Å². The van der Waals surface area contributed by atoms with Gasteiger partial charge in [0.25, 0.3) is 0 Å². The molecule has 1 fully saturated rings.